The van der Waals surface area contributed by atoms with Gasteiger partial charge in [-0.05, 0) is 41.7 Å². The smallest absolute Gasteiger partial charge is 0.262 e. The highest BCUT2D eigenvalue weighted by molar-refractivity contribution is 5.96. The lowest BCUT2D eigenvalue weighted by Crippen LogP contribution is -2.22. The second kappa shape index (κ2) is 8.71. The van der Waals surface area contributed by atoms with Crippen molar-refractivity contribution in [3.05, 3.63) is 53.6 Å². The fraction of sp³-hybridized carbons (Fsp3) is 0.364. The van der Waals surface area contributed by atoms with Gasteiger partial charge in [-0.15, -0.1) is 0 Å². The monoisotopic (exact) mass is 368 g/mol. The molecule has 0 fully saturated rings. The minimum atomic E-state index is -0.249. The fourth-order valence-corrected chi connectivity index (χ4v) is 2.69. The van der Waals surface area contributed by atoms with Gasteiger partial charge in [0.1, 0.15) is 5.75 Å². The Labute approximate surface area is 161 Å². The molecule has 0 saturated heterocycles. The topological polar surface area (TPSA) is 67.4 Å². The highest BCUT2D eigenvalue weighted by Crippen LogP contribution is 2.31. The molecule has 2 aromatic rings. The summed E-state index contributed by atoms with van der Waals surface area (Å²) in [5.74, 6) is 0.394. The van der Waals surface area contributed by atoms with Gasteiger partial charge >= 0.3 is 0 Å². The highest BCUT2D eigenvalue weighted by atomic mass is 16.5. The molecule has 0 radical (unpaired) electrons. The zero-order valence-electron chi connectivity index (χ0n) is 16.7. The molecule has 2 rings (SSSR count). The maximum absolute atomic E-state index is 12.4. The Morgan fingerprint density at radius 1 is 0.926 bits per heavy atom. The van der Waals surface area contributed by atoms with Crippen molar-refractivity contribution in [1.29, 1.82) is 0 Å². The number of ether oxygens (including phenoxy) is 1. The molecule has 0 atom stereocenters. The van der Waals surface area contributed by atoms with Crippen LogP contribution >= 0.6 is 0 Å². The largest absolute Gasteiger partial charge is 0.483 e. The van der Waals surface area contributed by atoms with Crippen LogP contribution in [0.3, 0.4) is 0 Å². The first kappa shape index (κ1) is 20.5. The van der Waals surface area contributed by atoms with Crippen LogP contribution in [0.25, 0.3) is 0 Å². The van der Waals surface area contributed by atoms with Crippen molar-refractivity contribution < 1.29 is 14.3 Å². The Hall–Kier alpha value is -2.82. The van der Waals surface area contributed by atoms with Gasteiger partial charge in [0.25, 0.3) is 5.91 Å². The maximum atomic E-state index is 12.4. The van der Waals surface area contributed by atoms with Crippen molar-refractivity contribution in [2.45, 2.75) is 46.5 Å². The van der Waals surface area contributed by atoms with E-state index < -0.39 is 0 Å². The van der Waals surface area contributed by atoms with E-state index in [1.807, 2.05) is 37.3 Å². The highest BCUT2D eigenvalue weighted by Gasteiger charge is 2.19. The van der Waals surface area contributed by atoms with E-state index >= 15 is 0 Å². The Kier molecular flexibility index (Phi) is 6.61. The lowest BCUT2D eigenvalue weighted by Gasteiger charge is -2.22. The van der Waals surface area contributed by atoms with Crippen LogP contribution in [0.4, 0.5) is 11.4 Å². The first-order chi connectivity index (χ1) is 12.7. The zero-order valence-corrected chi connectivity index (χ0v) is 16.7. The number of nitrogens with one attached hydrogen (secondary N) is 2. The van der Waals surface area contributed by atoms with E-state index in [-0.39, 0.29) is 23.8 Å². The summed E-state index contributed by atoms with van der Waals surface area (Å²) in [5, 5.41) is 5.69. The molecule has 144 valence electrons. The number of carbonyl (C=O) groups is 2. The summed E-state index contributed by atoms with van der Waals surface area (Å²) in [6, 6.07) is 13.2. The van der Waals surface area contributed by atoms with Crippen LogP contribution in [0.15, 0.2) is 42.5 Å². The summed E-state index contributed by atoms with van der Waals surface area (Å²) in [6.45, 7) is 9.88. The Bertz CT molecular complexity index is 823. The van der Waals surface area contributed by atoms with E-state index in [1.54, 1.807) is 19.1 Å². The van der Waals surface area contributed by atoms with Gasteiger partial charge in [0.2, 0.25) is 5.91 Å². The number of carbonyl (C=O) groups excluding carboxylic acids is 2. The van der Waals surface area contributed by atoms with Crippen LogP contribution < -0.4 is 15.4 Å². The summed E-state index contributed by atoms with van der Waals surface area (Å²) >= 11 is 0. The fourth-order valence-electron chi connectivity index (χ4n) is 2.69. The zero-order chi connectivity index (χ0) is 20.0. The summed E-state index contributed by atoms with van der Waals surface area (Å²) in [6.07, 6.45) is 0.400. The number of amides is 2. The van der Waals surface area contributed by atoms with Crippen LogP contribution in [0.5, 0.6) is 5.75 Å². The third kappa shape index (κ3) is 5.58. The Morgan fingerprint density at radius 2 is 1.52 bits per heavy atom. The molecule has 5 heteroatoms. The molecular weight excluding hydrogens is 340 g/mol. The van der Waals surface area contributed by atoms with E-state index in [4.69, 9.17) is 4.74 Å². The Balaban J connectivity index is 2.05. The summed E-state index contributed by atoms with van der Waals surface area (Å²) < 4.78 is 5.77. The molecule has 2 N–H and O–H groups in total. The molecule has 2 amide bonds. The molecule has 5 nitrogen and oxygen atoms in total. The summed E-state index contributed by atoms with van der Waals surface area (Å²) in [4.78, 5) is 24.0. The second-order valence-corrected chi connectivity index (χ2v) is 7.46. The van der Waals surface area contributed by atoms with Gasteiger partial charge in [-0.3, -0.25) is 9.59 Å². The minimum Gasteiger partial charge on any atom is -0.483 e. The average Bonchev–Trinajstić information content (AvgIpc) is 2.62. The molecular formula is C22H28N2O3. The van der Waals surface area contributed by atoms with Crippen LogP contribution in [-0.4, -0.2) is 18.4 Å². The van der Waals surface area contributed by atoms with Crippen LogP contribution in [0, 0.1) is 6.92 Å². The number of anilines is 2. The molecule has 0 aromatic heterocycles. The van der Waals surface area contributed by atoms with Crippen molar-refractivity contribution >= 4 is 23.2 Å². The van der Waals surface area contributed by atoms with Gasteiger partial charge in [-0.2, -0.15) is 0 Å². The van der Waals surface area contributed by atoms with Crippen molar-refractivity contribution in [3.63, 3.8) is 0 Å². The number of hydrogen-bond acceptors (Lipinski definition) is 3. The van der Waals surface area contributed by atoms with Gasteiger partial charge in [0.15, 0.2) is 6.61 Å². The minimum absolute atomic E-state index is 0.0660. The molecule has 0 aliphatic carbocycles. The van der Waals surface area contributed by atoms with E-state index in [0.717, 1.165) is 11.1 Å². The standard InChI is InChI=1S/C22H28N2O3/c1-6-20(25)23-17-11-9-12-18(15(17)2)24-21(26)14-27-19-13-8-7-10-16(19)22(3,4)5/h7-13H,6,14H2,1-5H3,(H,23,25)(H,24,26). The molecule has 0 aliphatic heterocycles. The molecule has 0 aliphatic rings. The second-order valence-electron chi connectivity index (χ2n) is 7.46. The number of benzene rings is 2. The first-order valence-electron chi connectivity index (χ1n) is 9.14. The molecule has 0 unspecified atom stereocenters. The first-order valence-corrected chi connectivity index (χ1v) is 9.14. The molecule has 0 heterocycles. The maximum Gasteiger partial charge on any atom is 0.262 e. The van der Waals surface area contributed by atoms with Gasteiger partial charge in [0, 0.05) is 17.8 Å². The number of hydrogen-bond donors (Lipinski definition) is 2. The van der Waals surface area contributed by atoms with Gasteiger partial charge < -0.3 is 15.4 Å². The summed E-state index contributed by atoms with van der Waals surface area (Å²) in [7, 11) is 0. The summed E-state index contributed by atoms with van der Waals surface area (Å²) in [5.41, 5.74) is 3.14. The molecule has 0 spiro atoms. The number of rotatable bonds is 6. The molecule has 2 aromatic carbocycles. The average molecular weight is 368 g/mol. The van der Waals surface area contributed by atoms with Gasteiger partial charge in [0.05, 0.1) is 0 Å². The molecule has 0 saturated carbocycles. The van der Waals surface area contributed by atoms with Gasteiger partial charge in [-0.25, -0.2) is 0 Å². The lowest BCUT2D eigenvalue weighted by molar-refractivity contribution is -0.118. The van der Waals surface area contributed by atoms with Gasteiger partial charge in [-0.1, -0.05) is 52.0 Å². The third-order valence-corrected chi connectivity index (χ3v) is 4.26. The lowest BCUT2D eigenvalue weighted by atomic mass is 9.86. The van der Waals surface area contributed by atoms with Crippen LogP contribution in [-0.2, 0) is 15.0 Å². The molecule has 0 bridgehead atoms. The van der Waals surface area contributed by atoms with Crippen LogP contribution in [0.1, 0.15) is 45.2 Å². The normalized spacial score (nSPS) is 11.0. The van der Waals surface area contributed by atoms with E-state index in [2.05, 4.69) is 31.4 Å². The predicted molar refractivity (Wildman–Crippen MR) is 109 cm³/mol. The van der Waals surface area contributed by atoms with Crippen molar-refractivity contribution in [2.75, 3.05) is 17.2 Å². The molecule has 27 heavy (non-hydrogen) atoms. The third-order valence-electron chi connectivity index (χ3n) is 4.26. The van der Waals surface area contributed by atoms with E-state index in [0.29, 0.717) is 23.5 Å². The quantitative estimate of drug-likeness (QED) is 0.779. The van der Waals surface area contributed by atoms with Crippen molar-refractivity contribution in [3.8, 4) is 5.75 Å². The Morgan fingerprint density at radius 3 is 2.11 bits per heavy atom. The van der Waals surface area contributed by atoms with Crippen molar-refractivity contribution in [2.24, 2.45) is 0 Å². The van der Waals surface area contributed by atoms with E-state index in [1.165, 1.54) is 0 Å². The van der Waals surface area contributed by atoms with Crippen molar-refractivity contribution in [1.82, 2.24) is 0 Å². The predicted octanol–water partition coefficient (Wildman–Crippen LogP) is 4.66. The van der Waals surface area contributed by atoms with Crippen LogP contribution in [0.2, 0.25) is 0 Å². The van der Waals surface area contributed by atoms with E-state index in [9.17, 15) is 9.59 Å². The SMILES string of the molecule is CCC(=O)Nc1cccc(NC(=O)COc2ccccc2C(C)(C)C)c1C. The number of para-hydroxylation sites is 1.